The lowest BCUT2D eigenvalue weighted by atomic mass is 10.1. The molecule has 1 nitrogen and oxygen atoms in total. The molecule has 0 bridgehead atoms. The number of unbranched alkanes of at least 4 members (excludes halogenated alkanes) is 1. The van der Waals surface area contributed by atoms with Crippen LogP contribution in [0.1, 0.15) is 44.4 Å². The summed E-state index contributed by atoms with van der Waals surface area (Å²) in [5.41, 5.74) is 2.41. The predicted octanol–water partition coefficient (Wildman–Crippen LogP) is 3.85. The highest BCUT2D eigenvalue weighted by Crippen LogP contribution is 2.05. The van der Waals surface area contributed by atoms with Crippen LogP contribution in [-0.2, 0) is 6.42 Å². The first-order valence-electron chi connectivity index (χ1n) is 5.48. The minimum atomic E-state index is 1.08. The Morgan fingerprint density at radius 1 is 1.29 bits per heavy atom. The molecule has 0 amide bonds. The third-order valence-electron chi connectivity index (χ3n) is 2.18. The van der Waals surface area contributed by atoms with Gasteiger partial charge in [0.2, 0.25) is 0 Å². The van der Waals surface area contributed by atoms with Crippen LogP contribution in [-0.4, -0.2) is 4.98 Å². The zero-order valence-electron chi connectivity index (χ0n) is 9.16. The Morgan fingerprint density at radius 3 is 2.71 bits per heavy atom. The Morgan fingerprint density at radius 2 is 2.14 bits per heavy atom. The Labute approximate surface area is 86.9 Å². The van der Waals surface area contributed by atoms with E-state index >= 15 is 0 Å². The molecule has 0 aliphatic rings. The van der Waals surface area contributed by atoms with Gasteiger partial charge in [-0.1, -0.05) is 38.5 Å². The minimum Gasteiger partial charge on any atom is -0.261 e. The van der Waals surface area contributed by atoms with Crippen LogP contribution >= 0.6 is 0 Å². The van der Waals surface area contributed by atoms with Crippen LogP contribution in [0.5, 0.6) is 0 Å². The van der Waals surface area contributed by atoms with Gasteiger partial charge in [-0.15, -0.1) is 0 Å². The van der Waals surface area contributed by atoms with E-state index in [-0.39, 0.29) is 0 Å². The topological polar surface area (TPSA) is 12.9 Å². The fraction of sp³-hybridized carbons (Fsp3) is 0.462. The molecule has 14 heavy (non-hydrogen) atoms. The summed E-state index contributed by atoms with van der Waals surface area (Å²) in [6, 6.07) is 4.27. The average Bonchev–Trinajstić information content (AvgIpc) is 2.25. The molecule has 0 fully saturated rings. The highest BCUT2D eigenvalue weighted by atomic mass is 14.7. The molecule has 0 aliphatic heterocycles. The van der Waals surface area contributed by atoms with Gasteiger partial charge in [0.25, 0.3) is 0 Å². The number of hydrogen-bond donors (Lipinski definition) is 0. The number of pyridine rings is 1. The van der Waals surface area contributed by atoms with Crippen LogP contribution in [0.15, 0.2) is 24.4 Å². The van der Waals surface area contributed by atoms with Crippen LogP contribution < -0.4 is 0 Å². The molecule has 1 aromatic rings. The molecule has 0 N–H and O–H groups in total. The lowest BCUT2D eigenvalue weighted by Crippen LogP contribution is -1.89. The van der Waals surface area contributed by atoms with E-state index in [0.29, 0.717) is 0 Å². The molecular formula is C13H19N. The van der Waals surface area contributed by atoms with Crippen LogP contribution in [0.25, 0.3) is 6.08 Å². The van der Waals surface area contributed by atoms with Crippen molar-refractivity contribution in [3.05, 3.63) is 35.7 Å². The summed E-state index contributed by atoms with van der Waals surface area (Å²) in [4.78, 5) is 4.42. The van der Waals surface area contributed by atoms with Crippen molar-refractivity contribution in [2.45, 2.75) is 39.5 Å². The molecule has 0 spiro atoms. The summed E-state index contributed by atoms with van der Waals surface area (Å²) in [6.07, 6.45) is 10.9. The molecule has 1 heterocycles. The highest BCUT2D eigenvalue weighted by Gasteiger charge is 1.93. The van der Waals surface area contributed by atoms with Gasteiger partial charge in [0.05, 0.1) is 0 Å². The first kappa shape index (κ1) is 11.0. The molecule has 76 valence electrons. The Bertz CT molecular complexity index is 272. The number of hydrogen-bond acceptors (Lipinski definition) is 1. The van der Waals surface area contributed by atoms with E-state index in [2.05, 4.69) is 43.1 Å². The van der Waals surface area contributed by atoms with Crippen LogP contribution in [0.2, 0.25) is 0 Å². The molecule has 1 aromatic heterocycles. The van der Waals surface area contributed by atoms with Crippen molar-refractivity contribution in [2.75, 3.05) is 0 Å². The normalized spacial score (nSPS) is 11.0. The number of aromatic nitrogens is 1. The summed E-state index contributed by atoms with van der Waals surface area (Å²) >= 11 is 0. The number of aryl methyl sites for hydroxylation is 1. The van der Waals surface area contributed by atoms with Crippen LogP contribution in [0.3, 0.4) is 0 Å². The molecule has 0 unspecified atom stereocenters. The van der Waals surface area contributed by atoms with Crippen molar-refractivity contribution >= 4 is 6.08 Å². The van der Waals surface area contributed by atoms with Crippen molar-refractivity contribution in [1.29, 1.82) is 0 Å². The van der Waals surface area contributed by atoms with Gasteiger partial charge in [0, 0.05) is 11.9 Å². The van der Waals surface area contributed by atoms with Gasteiger partial charge in [-0.2, -0.15) is 0 Å². The maximum absolute atomic E-state index is 4.42. The van der Waals surface area contributed by atoms with Gasteiger partial charge in [-0.05, 0) is 30.9 Å². The standard InChI is InChI=1S/C13H19N/c1-3-5-7-12-9-10-13(14-11-12)8-6-4-2/h5,7,9-11H,3-4,6,8H2,1-2H3/b7-5+. The van der Waals surface area contributed by atoms with E-state index in [4.69, 9.17) is 0 Å². The largest absolute Gasteiger partial charge is 0.261 e. The molecule has 0 aliphatic carbocycles. The van der Waals surface area contributed by atoms with Crippen molar-refractivity contribution in [3.8, 4) is 0 Å². The molecule has 0 saturated carbocycles. The lowest BCUT2D eigenvalue weighted by molar-refractivity contribution is 0.776. The van der Waals surface area contributed by atoms with Gasteiger partial charge in [-0.25, -0.2) is 0 Å². The zero-order valence-corrected chi connectivity index (χ0v) is 9.16. The Hall–Kier alpha value is -1.11. The molecule has 1 rings (SSSR count). The molecular weight excluding hydrogens is 170 g/mol. The predicted molar refractivity (Wildman–Crippen MR) is 62.2 cm³/mol. The van der Waals surface area contributed by atoms with E-state index in [1.807, 2.05) is 6.20 Å². The molecule has 1 heteroatoms. The van der Waals surface area contributed by atoms with Crippen LogP contribution in [0.4, 0.5) is 0 Å². The fourth-order valence-corrected chi connectivity index (χ4v) is 1.29. The third kappa shape index (κ3) is 3.73. The summed E-state index contributed by atoms with van der Waals surface area (Å²) in [6.45, 7) is 4.35. The van der Waals surface area contributed by atoms with E-state index < -0.39 is 0 Å². The van der Waals surface area contributed by atoms with Gasteiger partial charge in [0.15, 0.2) is 0 Å². The molecule has 0 atom stereocenters. The van der Waals surface area contributed by atoms with E-state index in [1.54, 1.807) is 0 Å². The second-order valence-corrected chi connectivity index (χ2v) is 3.50. The van der Waals surface area contributed by atoms with Crippen molar-refractivity contribution in [2.24, 2.45) is 0 Å². The first-order valence-corrected chi connectivity index (χ1v) is 5.48. The number of rotatable bonds is 5. The number of allylic oxidation sites excluding steroid dienone is 1. The van der Waals surface area contributed by atoms with Crippen LogP contribution in [0, 0.1) is 0 Å². The van der Waals surface area contributed by atoms with Crippen molar-refractivity contribution in [3.63, 3.8) is 0 Å². The van der Waals surface area contributed by atoms with Gasteiger partial charge in [-0.3, -0.25) is 4.98 Å². The van der Waals surface area contributed by atoms with Gasteiger partial charge in [0.1, 0.15) is 0 Å². The molecule has 0 saturated heterocycles. The maximum atomic E-state index is 4.42. The summed E-state index contributed by atoms with van der Waals surface area (Å²) in [5.74, 6) is 0. The van der Waals surface area contributed by atoms with Crippen molar-refractivity contribution < 1.29 is 0 Å². The third-order valence-corrected chi connectivity index (χ3v) is 2.18. The van der Waals surface area contributed by atoms with E-state index in [1.165, 1.54) is 24.1 Å². The minimum absolute atomic E-state index is 1.08. The second-order valence-electron chi connectivity index (χ2n) is 3.50. The van der Waals surface area contributed by atoms with Gasteiger partial charge < -0.3 is 0 Å². The summed E-state index contributed by atoms with van der Waals surface area (Å²) in [5, 5.41) is 0. The second kappa shape index (κ2) is 6.36. The summed E-state index contributed by atoms with van der Waals surface area (Å²) < 4.78 is 0. The van der Waals surface area contributed by atoms with Crippen molar-refractivity contribution in [1.82, 2.24) is 4.98 Å². The van der Waals surface area contributed by atoms with E-state index in [0.717, 1.165) is 12.8 Å². The van der Waals surface area contributed by atoms with Gasteiger partial charge >= 0.3 is 0 Å². The quantitative estimate of drug-likeness (QED) is 0.685. The van der Waals surface area contributed by atoms with E-state index in [9.17, 15) is 0 Å². The average molecular weight is 189 g/mol. The maximum Gasteiger partial charge on any atom is 0.0404 e. The zero-order chi connectivity index (χ0) is 10.2. The molecule has 0 aromatic carbocycles. The smallest absolute Gasteiger partial charge is 0.0404 e. The number of nitrogens with zero attached hydrogens (tertiary/aromatic N) is 1. The highest BCUT2D eigenvalue weighted by molar-refractivity contribution is 5.47. The Kier molecular flexibility index (Phi) is 4.98. The fourth-order valence-electron chi connectivity index (χ4n) is 1.29. The first-order chi connectivity index (χ1) is 6.86. The molecule has 0 radical (unpaired) electrons. The SMILES string of the molecule is CC/C=C/c1ccc(CCCC)nc1. The summed E-state index contributed by atoms with van der Waals surface area (Å²) in [7, 11) is 0. The monoisotopic (exact) mass is 189 g/mol. The lowest BCUT2D eigenvalue weighted by Gasteiger charge is -1.99. The Balaban J connectivity index is 2.54.